The molecule has 1 aromatic rings. The number of halogens is 1. The molecule has 3 unspecified atom stereocenters. The number of nitrogens with one attached hydrogen (secondary N) is 2. The molecule has 114 valence electrons. The number of carbonyl (C=O) groups excluding carboxylic acids is 1. The van der Waals surface area contributed by atoms with E-state index in [9.17, 15) is 9.18 Å². The van der Waals surface area contributed by atoms with Gasteiger partial charge in [0.1, 0.15) is 5.82 Å². The van der Waals surface area contributed by atoms with Crippen LogP contribution in [-0.4, -0.2) is 24.5 Å². The number of amides is 1. The number of benzene rings is 1. The topological polar surface area (TPSA) is 67.2 Å². The Morgan fingerprint density at radius 1 is 1.29 bits per heavy atom. The largest absolute Gasteiger partial charge is 0.380 e. The van der Waals surface area contributed by atoms with Crippen LogP contribution >= 0.6 is 0 Å². The standard InChI is InChI=1S/C16H22FN3O/c17-12-7-6-10(16(18)21)9-15(12)20-14-4-1-3-11(14)13-5-2-8-19-13/h6-7,9,11,13-14,19-20H,1-5,8H2,(H2,18,21). The lowest BCUT2D eigenvalue weighted by molar-refractivity contribution is 0.100. The Morgan fingerprint density at radius 2 is 2.14 bits per heavy atom. The molecule has 1 aliphatic heterocycles. The summed E-state index contributed by atoms with van der Waals surface area (Å²) < 4.78 is 14.0. The Balaban J connectivity index is 1.75. The van der Waals surface area contributed by atoms with E-state index in [0.29, 0.717) is 23.2 Å². The molecule has 0 radical (unpaired) electrons. The van der Waals surface area contributed by atoms with E-state index in [1.165, 1.54) is 37.5 Å². The van der Waals surface area contributed by atoms with Crippen molar-refractivity contribution in [2.75, 3.05) is 11.9 Å². The normalized spacial score (nSPS) is 28.7. The van der Waals surface area contributed by atoms with Gasteiger partial charge in [0.05, 0.1) is 5.69 Å². The van der Waals surface area contributed by atoms with Crippen molar-refractivity contribution in [1.29, 1.82) is 0 Å². The first kappa shape index (κ1) is 14.3. The molecule has 3 atom stereocenters. The van der Waals surface area contributed by atoms with Crippen LogP contribution in [0, 0.1) is 11.7 Å². The van der Waals surface area contributed by atoms with E-state index in [2.05, 4.69) is 10.6 Å². The van der Waals surface area contributed by atoms with E-state index in [-0.39, 0.29) is 11.9 Å². The van der Waals surface area contributed by atoms with Crippen LogP contribution in [0.2, 0.25) is 0 Å². The summed E-state index contributed by atoms with van der Waals surface area (Å²) in [7, 11) is 0. The van der Waals surface area contributed by atoms with Crippen LogP contribution in [0.1, 0.15) is 42.5 Å². The van der Waals surface area contributed by atoms with E-state index in [1.54, 1.807) is 0 Å². The van der Waals surface area contributed by atoms with E-state index in [0.717, 1.165) is 19.4 Å². The minimum atomic E-state index is -0.529. The van der Waals surface area contributed by atoms with Gasteiger partial charge in [-0.05, 0) is 56.3 Å². The van der Waals surface area contributed by atoms with Crippen LogP contribution in [0.3, 0.4) is 0 Å². The fraction of sp³-hybridized carbons (Fsp3) is 0.562. The van der Waals surface area contributed by atoms with Gasteiger partial charge in [0.15, 0.2) is 0 Å². The molecule has 1 heterocycles. The fourth-order valence-electron chi connectivity index (χ4n) is 3.72. The number of hydrogen-bond donors (Lipinski definition) is 3. The number of anilines is 1. The van der Waals surface area contributed by atoms with Crippen LogP contribution in [-0.2, 0) is 0 Å². The summed E-state index contributed by atoms with van der Waals surface area (Å²) in [6.45, 7) is 1.08. The first-order valence-corrected chi connectivity index (χ1v) is 7.74. The minimum Gasteiger partial charge on any atom is -0.380 e. The van der Waals surface area contributed by atoms with Gasteiger partial charge in [0.2, 0.25) is 5.91 Å². The zero-order valence-corrected chi connectivity index (χ0v) is 12.1. The van der Waals surface area contributed by atoms with Crippen LogP contribution in [0.4, 0.5) is 10.1 Å². The average molecular weight is 291 g/mol. The SMILES string of the molecule is NC(=O)c1ccc(F)c(NC2CCCC2C2CCCN2)c1. The molecule has 0 spiro atoms. The third-order valence-corrected chi connectivity index (χ3v) is 4.78. The summed E-state index contributed by atoms with van der Waals surface area (Å²) in [5.74, 6) is -0.326. The third-order valence-electron chi connectivity index (χ3n) is 4.78. The predicted octanol–water partition coefficient (Wildman–Crippen LogP) is 2.26. The van der Waals surface area contributed by atoms with Crippen molar-refractivity contribution < 1.29 is 9.18 Å². The second kappa shape index (κ2) is 6.02. The van der Waals surface area contributed by atoms with Crippen LogP contribution < -0.4 is 16.4 Å². The van der Waals surface area contributed by atoms with Crippen LogP contribution in [0.5, 0.6) is 0 Å². The summed E-state index contributed by atoms with van der Waals surface area (Å²) in [6.07, 6.45) is 5.80. The zero-order chi connectivity index (χ0) is 14.8. The molecule has 21 heavy (non-hydrogen) atoms. The summed E-state index contributed by atoms with van der Waals surface area (Å²) in [5, 5.41) is 6.86. The van der Waals surface area contributed by atoms with Crippen molar-refractivity contribution >= 4 is 11.6 Å². The van der Waals surface area contributed by atoms with Crippen molar-refractivity contribution in [3.8, 4) is 0 Å². The second-order valence-electron chi connectivity index (χ2n) is 6.11. The second-order valence-corrected chi connectivity index (χ2v) is 6.11. The van der Waals surface area contributed by atoms with Gasteiger partial charge in [-0.2, -0.15) is 0 Å². The molecule has 2 fully saturated rings. The molecule has 1 saturated heterocycles. The maximum Gasteiger partial charge on any atom is 0.248 e. The van der Waals surface area contributed by atoms with Crippen molar-refractivity contribution in [3.63, 3.8) is 0 Å². The highest BCUT2D eigenvalue weighted by molar-refractivity contribution is 5.93. The Labute approximate surface area is 124 Å². The molecular formula is C16H22FN3O. The van der Waals surface area contributed by atoms with Gasteiger partial charge in [0, 0.05) is 17.6 Å². The number of carbonyl (C=O) groups is 1. The van der Waals surface area contributed by atoms with Gasteiger partial charge in [-0.25, -0.2) is 4.39 Å². The highest BCUT2D eigenvalue weighted by Gasteiger charge is 2.35. The molecule has 1 amide bonds. The summed E-state index contributed by atoms with van der Waals surface area (Å²) in [4.78, 5) is 11.2. The van der Waals surface area contributed by atoms with Gasteiger partial charge in [-0.15, -0.1) is 0 Å². The first-order valence-electron chi connectivity index (χ1n) is 7.74. The lowest BCUT2D eigenvalue weighted by Gasteiger charge is -2.27. The smallest absolute Gasteiger partial charge is 0.248 e. The molecule has 4 N–H and O–H groups in total. The van der Waals surface area contributed by atoms with E-state index < -0.39 is 5.91 Å². The maximum absolute atomic E-state index is 14.0. The number of rotatable bonds is 4. The maximum atomic E-state index is 14.0. The quantitative estimate of drug-likeness (QED) is 0.797. The molecular weight excluding hydrogens is 269 g/mol. The van der Waals surface area contributed by atoms with E-state index in [1.807, 2.05) is 0 Å². The minimum absolute atomic E-state index is 0.262. The molecule has 3 rings (SSSR count). The first-order chi connectivity index (χ1) is 10.1. The molecule has 0 bridgehead atoms. The Bertz CT molecular complexity index is 528. The van der Waals surface area contributed by atoms with Crippen LogP contribution in [0.15, 0.2) is 18.2 Å². The summed E-state index contributed by atoms with van der Waals surface area (Å²) >= 11 is 0. The highest BCUT2D eigenvalue weighted by atomic mass is 19.1. The fourth-order valence-corrected chi connectivity index (χ4v) is 3.72. The number of hydrogen-bond acceptors (Lipinski definition) is 3. The van der Waals surface area contributed by atoms with Crippen molar-refractivity contribution in [2.45, 2.75) is 44.2 Å². The van der Waals surface area contributed by atoms with Gasteiger partial charge in [-0.1, -0.05) is 6.42 Å². The molecule has 1 aromatic carbocycles. The van der Waals surface area contributed by atoms with Gasteiger partial charge >= 0.3 is 0 Å². The number of nitrogens with two attached hydrogens (primary N) is 1. The van der Waals surface area contributed by atoms with E-state index in [4.69, 9.17) is 5.73 Å². The molecule has 1 aliphatic carbocycles. The zero-order valence-electron chi connectivity index (χ0n) is 12.1. The Hall–Kier alpha value is -1.62. The lowest BCUT2D eigenvalue weighted by Crippen LogP contribution is -2.38. The monoisotopic (exact) mass is 291 g/mol. The van der Waals surface area contributed by atoms with Gasteiger partial charge < -0.3 is 16.4 Å². The number of primary amides is 1. The summed E-state index contributed by atoms with van der Waals surface area (Å²) in [6, 6.07) is 5.05. The van der Waals surface area contributed by atoms with Gasteiger partial charge in [-0.3, -0.25) is 4.79 Å². The van der Waals surface area contributed by atoms with E-state index >= 15 is 0 Å². The average Bonchev–Trinajstić information content (AvgIpc) is 3.11. The third kappa shape index (κ3) is 3.02. The molecule has 0 aromatic heterocycles. The lowest BCUT2D eigenvalue weighted by atomic mass is 9.93. The highest BCUT2D eigenvalue weighted by Crippen LogP contribution is 2.34. The Morgan fingerprint density at radius 3 is 2.86 bits per heavy atom. The van der Waals surface area contributed by atoms with Crippen LogP contribution in [0.25, 0.3) is 0 Å². The molecule has 2 aliphatic rings. The molecule has 5 heteroatoms. The molecule has 1 saturated carbocycles. The Kier molecular flexibility index (Phi) is 4.10. The summed E-state index contributed by atoms with van der Waals surface area (Å²) in [5.41, 5.74) is 6.00. The van der Waals surface area contributed by atoms with Crippen molar-refractivity contribution in [3.05, 3.63) is 29.6 Å². The predicted molar refractivity (Wildman–Crippen MR) is 80.7 cm³/mol. The van der Waals surface area contributed by atoms with Crippen molar-refractivity contribution in [2.24, 2.45) is 11.7 Å². The van der Waals surface area contributed by atoms with Crippen molar-refractivity contribution in [1.82, 2.24) is 5.32 Å². The van der Waals surface area contributed by atoms with Gasteiger partial charge in [0.25, 0.3) is 0 Å². The molecule has 4 nitrogen and oxygen atoms in total.